The minimum Gasteiger partial charge on any atom is -0.370 e. The molecular weight excluding hydrogens is 238 g/mol. The highest BCUT2D eigenvalue weighted by molar-refractivity contribution is 5.57. The molecule has 2 rings (SSSR count). The first-order valence-electron chi connectivity index (χ1n) is 7.26. The largest absolute Gasteiger partial charge is 0.370 e. The van der Waals surface area contributed by atoms with Gasteiger partial charge in [0.15, 0.2) is 0 Å². The third-order valence-corrected chi connectivity index (χ3v) is 3.52. The number of aryl methyl sites for hydroxylation is 1. The van der Waals surface area contributed by atoms with Crippen molar-refractivity contribution in [3.05, 3.63) is 11.4 Å². The molecule has 2 N–H and O–H groups in total. The van der Waals surface area contributed by atoms with Crippen LogP contribution in [-0.4, -0.2) is 47.6 Å². The van der Waals surface area contributed by atoms with Crippen molar-refractivity contribution < 1.29 is 0 Å². The molecule has 2 heterocycles. The highest BCUT2D eigenvalue weighted by Crippen LogP contribution is 2.19. The molecule has 0 spiro atoms. The normalized spacial score (nSPS) is 15.7. The molecule has 0 amide bonds. The summed E-state index contributed by atoms with van der Waals surface area (Å²) in [4.78, 5) is 11.4. The molecular formula is C14H25N5. The summed E-state index contributed by atoms with van der Waals surface area (Å²) in [5.74, 6) is 2.71. The Kier molecular flexibility index (Phi) is 4.96. The van der Waals surface area contributed by atoms with Gasteiger partial charge < -0.3 is 15.5 Å². The van der Waals surface area contributed by atoms with Gasteiger partial charge in [0, 0.05) is 25.2 Å². The predicted molar refractivity (Wildman–Crippen MR) is 79.8 cm³/mol. The van der Waals surface area contributed by atoms with Gasteiger partial charge in [-0.2, -0.15) is 0 Å². The molecule has 1 aromatic heterocycles. The zero-order valence-corrected chi connectivity index (χ0v) is 12.3. The van der Waals surface area contributed by atoms with E-state index in [4.69, 9.17) is 0 Å². The van der Waals surface area contributed by atoms with Crippen molar-refractivity contribution in [1.29, 1.82) is 0 Å². The van der Waals surface area contributed by atoms with Crippen LogP contribution in [0.5, 0.6) is 0 Å². The maximum absolute atomic E-state index is 4.50. The van der Waals surface area contributed by atoms with Gasteiger partial charge in [0.2, 0.25) is 0 Å². The van der Waals surface area contributed by atoms with Gasteiger partial charge in [-0.05, 0) is 46.7 Å². The van der Waals surface area contributed by atoms with Gasteiger partial charge in [-0.25, -0.2) is 9.97 Å². The van der Waals surface area contributed by atoms with E-state index in [1.807, 2.05) is 6.92 Å². The fourth-order valence-corrected chi connectivity index (χ4v) is 2.48. The SMILES string of the molecule is CCNc1nc(C)nc(NCCN2CCCC2)c1C. The Hall–Kier alpha value is -1.36. The fourth-order valence-electron chi connectivity index (χ4n) is 2.48. The lowest BCUT2D eigenvalue weighted by atomic mass is 10.3. The van der Waals surface area contributed by atoms with E-state index in [-0.39, 0.29) is 0 Å². The van der Waals surface area contributed by atoms with Gasteiger partial charge in [0.1, 0.15) is 17.5 Å². The van der Waals surface area contributed by atoms with Crippen LogP contribution >= 0.6 is 0 Å². The first kappa shape index (κ1) is 14.1. The molecule has 0 aliphatic carbocycles. The number of nitrogens with one attached hydrogen (secondary N) is 2. The van der Waals surface area contributed by atoms with E-state index in [0.29, 0.717) is 0 Å². The van der Waals surface area contributed by atoms with Gasteiger partial charge in [0.05, 0.1) is 0 Å². The number of likely N-dealkylation sites (tertiary alicyclic amines) is 1. The maximum Gasteiger partial charge on any atom is 0.134 e. The quantitative estimate of drug-likeness (QED) is 0.822. The minimum atomic E-state index is 0.810. The molecule has 0 radical (unpaired) electrons. The van der Waals surface area contributed by atoms with Gasteiger partial charge >= 0.3 is 0 Å². The summed E-state index contributed by atoms with van der Waals surface area (Å²) >= 11 is 0. The summed E-state index contributed by atoms with van der Waals surface area (Å²) in [5, 5.41) is 6.73. The summed E-state index contributed by atoms with van der Waals surface area (Å²) in [7, 11) is 0. The molecule has 1 aliphatic rings. The van der Waals surface area contributed by atoms with E-state index < -0.39 is 0 Å². The van der Waals surface area contributed by atoms with Crippen molar-refractivity contribution in [2.24, 2.45) is 0 Å². The van der Waals surface area contributed by atoms with Crippen LogP contribution in [0.1, 0.15) is 31.2 Å². The van der Waals surface area contributed by atoms with Gasteiger partial charge in [0.25, 0.3) is 0 Å². The topological polar surface area (TPSA) is 53.1 Å². The van der Waals surface area contributed by atoms with Crippen molar-refractivity contribution >= 4 is 11.6 Å². The molecule has 19 heavy (non-hydrogen) atoms. The van der Waals surface area contributed by atoms with Gasteiger partial charge in [-0.1, -0.05) is 0 Å². The molecule has 1 aromatic rings. The van der Waals surface area contributed by atoms with Crippen LogP contribution in [0.25, 0.3) is 0 Å². The summed E-state index contributed by atoms with van der Waals surface area (Å²) in [6.45, 7) is 11.5. The monoisotopic (exact) mass is 263 g/mol. The lowest BCUT2D eigenvalue weighted by molar-refractivity contribution is 0.352. The smallest absolute Gasteiger partial charge is 0.134 e. The van der Waals surface area contributed by atoms with Crippen LogP contribution in [-0.2, 0) is 0 Å². The molecule has 5 nitrogen and oxygen atoms in total. The van der Waals surface area contributed by atoms with Crippen LogP contribution in [0.2, 0.25) is 0 Å². The average molecular weight is 263 g/mol. The lowest BCUT2D eigenvalue weighted by Gasteiger charge is -2.17. The van der Waals surface area contributed by atoms with Crippen molar-refractivity contribution in [1.82, 2.24) is 14.9 Å². The van der Waals surface area contributed by atoms with Crippen LogP contribution in [0.4, 0.5) is 11.6 Å². The molecule has 1 aliphatic heterocycles. The van der Waals surface area contributed by atoms with Gasteiger partial charge in [-0.3, -0.25) is 0 Å². The number of rotatable bonds is 6. The van der Waals surface area contributed by atoms with Gasteiger partial charge in [-0.15, -0.1) is 0 Å². The van der Waals surface area contributed by atoms with Crippen LogP contribution in [0.3, 0.4) is 0 Å². The number of aromatic nitrogens is 2. The third kappa shape index (κ3) is 3.80. The summed E-state index contributed by atoms with van der Waals surface area (Å²) < 4.78 is 0. The number of hydrogen-bond donors (Lipinski definition) is 2. The Morgan fingerprint density at radius 3 is 2.32 bits per heavy atom. The minimum absolute atomic E-state index is 0.810. The molecule has 5 heteroatoms. The maximum atomic E-state index is 4.50. The van der Waals surface area contributed by atoms with Crippen LogP contribution in [0, 0.1) is 13.8 Å². The third-order valence-electron chi connectivity index (χ3n) is 3.52. The van der Waals surface area contributed by atoms with E-state index in [9.17, 15) is 0 Å². The summed E-state index contributed by atoms with van der Waals surface area (Å²) in [6.07, 6.45) is 2.69. The number of hydrogen-bond acceptors (Lipinski definition) is 5. The van der Waals surface area contributed by atoms with E-state index >= 15 is 0 Å². The Morgan fingerprint density at radius 1 is 1.05 bits per heavy atom. The molecule has 0 bridgehead atoms. The molecule has 1 fully saturated rings. The standard InChI is InChI=1S/C14H25N5/c1-4-15-13-11(2)14(18-12(3)17-13)16-7-10-19-8-5-6-9-19/h4-10H2,1-3H3,(H2,15,16,17,18). The van der Waals surface area contributed by atoms with E-state index in [0.717, 1.165) is 42.7 Å². The second kappa shape index (κ2) is 6.70. The van der Waals surface area contributed by atoms with Crippen molar-refractivity contribution in [3.8, 4) is 0 Å². The molecule has 106 valence electrons. The molecule has 0 atom stereocenters. The lowest BCUT2D eigenvalue weighted by Crippen LogP contribution is -2.26. The average Bonchev–Trinajstić information content (AvgIpc) is 2.88. The van der Waals surface area contributed by atoms with E-state index in [1.54, 1.807) is 0 Å². The van der Waals surface area contributed by atoms with Crippen molar-refractivity contribution in [3.63, 3.8) is 0 Å². The zero-order valence-electron chi connectivity index (χ0n) is 12.3. The first-order valence-corrected chi connectivity index (χ1v) is 7.26. The second-order valence-electron chi connectivity index (χ2n) is 5.10. The van der Waals surface area contributed by atoms with E-state index in [2.05, 4.69) is 39.3 Å². The van der Waals surface area contributed by atoms with Crippen LogP contribution in [0.15, 0.2) is 0 Å². The Morgan fingerprint density at radius 2 is 1.68 bits per heavy atom. The molecule has 0 saturated carbocycles. The Labute approximate surface area is 115 Å². The molecule has 0 aromatic carbocycles. The summed E-state index contributed by atoms with van der Waals surface area (Å²) in [5.41, 5.74) is 1.11. The fraction of sp³-hybridized carbons (Fsp3) is 0.714. The predicted octanol–water partition coefficient (Wildman–Crippen LogP) is 2.03. The highest BCUT2D eigenvalue weighted by Gasteiger charge is 2.12. The Bertz CT molecular complexity index is 413. The Balaban J connectivity index is 1.94. The van der Waals surface area contributed by atoms with Crippen LogP contribution < -0.4 is 10.6 Å². The second-order valence-corrected chi connectivity index (χ2v) is 5.10. The summed E-state index contributed by atoms with van der Waals surface area (Å²) in [6, 6.07) is 0. The number of anilines is 2. The van der Waals surface area contributed by atoms with Crippen molar-refractivity contribution in [2.75, 3.05) is 43.4 Å². The van der Waals surface area contributed by atoms with Crippen molar-refractivity contribution in [2.45, 2.75) is 33.6 Å². The number of nitrogens with zero attached hydrogens (tertiary/aromatic N) is 3. The molecule has 0 unspecified atom stereocenters. The molecule has 1 saturated heterocycles. The zero-order chi connectivity index (χ0) is 13.7. The highest BCUT2D eigenvalue weighted by atomic mass is 15.2. The van der Waals surface area contributed by atoms with E-state index in [1.165, 1.54) is 25.9 Å². The first-order chi connectivity index (χ1) is 9.20.